The van der Waals surface area contributed by atoms with E-state index in [9.17, 15) is 4.79 Å². The van der Waals surface area contributed by atoms with Crippen LogP contribution in [-0.4, -0.2) is 41.7 Å². The van der Waals surface area contributed by atoms with Crippen molar-refractivity contribution in [2.45, 2.75) is 45.3 Å². The highest BCUT2D eigenvalue weighted by molar-refractivity contribution is 5.94. The normalized spacial score (nSPS) is 14.4. The highest BCUT2D eigenvalue weighted by atomic mass is 16.5. The van der Waals surface area contributed by atoms with E-state index >= 15 is 0 Å². The lowest BCUT2D eigenvalue weighted by Gasteiger charge is -2.22. The SMILES string of the molecule is Cc1oc(-c2ccc(C(=O)NCc3cccnc3)cc2)nc1CCCOC1CCNCC1. The van der Waals surface area contributed by atoms with Gasteiger partial charge in [0.15, 0.2) is 0 Å². The molecule has 1 amide bonds. The van der Waals surface area contributed by atoms with Crippen LogP contribution in [0.1, 0.15) is 46.6 Å². The topological polar surface area (TPSA) is 89.3 Å². The molecule has 4 rings (SSSR count). The van der Waals surface area contributed by atoms with Gasteiger partial charge in [0, 0.05) is 36.7 Å². The predicted molar refractivity (Wildman–Crippen MR) is 122 cm³/mol. The summed E-state index contributed by atoms with van der Waals surface area (Å²) in [6, 6.07) is 11.1. The molecular weight excluding hydrogens is 404 g/mol. The summed E-state index contributed by atoms with van der Waals surface area (Å²) in [5.74, 6) is 1.29. The lowest BCUT2D eigenvalue weighted by Crippen LogP contribution is -2.32. The zero-order valence-electron chi connectivity index (χ0n) is 18.5. The van der Waals surface area contributed by atoms with E-state index in [-0.39, 0.29) is 5.91 Å². The lowest BCUT2D eigenvalue weighted by atomic mass is 10.1. The minimum atomic E-state index is -0.126. The molecule has 0 spiro atoms. The van der Waals surface area contributed by atoms with E-state index in [4.69, 9.17) is 9.15 Å². The van der Waals surface area contributed by atoms with Crippen LogP contribution in [0.4, 0.5) is 0 Å². The Hall–Kier alpha value is -3.03. The molecule has 1 aliphatic rings. The number of carbonyl (C=O) groups excluding carboxylic acids is 1. The molecule has 0 aliphatic carbocycles. The zero-order chi connectivity index (χ0) is 22.2. The first-order valence-electron chi connectivity index (χ1n) is 11.3. The number of hydrogen-bond acceptors (Lipinski definition) is 6. The number of aromatic nitrogens is 2. The molecule has 7 nitrogen and oxygen atoms in total. The Balaban J connectivity index is 1.28. The number of carbonyl (C=O) groups is 1. The van der Waals surface area contributed by atoms with E-state index in [1.807, 2.05) is 31.2 Å². The van der Waals surface area contributed by atoms with E-state index in [1.54, 1.807) is 24.5 Å². The third-order valence-electron chi connectivity index (χ3n) is 5.66. The fourth-order valence-electron chi connectivity index (χ4n) is 3.79. The summed E-state index contributed by atoms with van der Waals surface area (Å²) in [6.07, 6.45) is 7.76. The average Bonchev–Trinajstić information content (AvgIpc) is 3.22. The second-order valence-electron chi connectivity index (χ2n) is 8.07. The van der Waals surface area contributed by atoms with Crippen molar-refractivity contribution in [2.75, 3.05) is 19.7 Å². The molecule has 0 radical (unpaired) electrons. The highest BCUT2D eigenvalue weighted by Crippen LogP contribution is 2.23. The lowest BCUT2D eigenvalue weighted by molar-refractivity contribution is 0.0317. The number of oxazole rings is 1. The Labute approximate surface area is 188 Å². The predicted octanol–water partition coefficient (Wildman–Crippen LogP) is 3.68. The van der Waals surface area contributed by atoms with Gasteiger partial charge in [0.25, 0.3) is 5.91 Å². The molecule has 0 atom stereocenters. The van der Waals surface area contributed by atoms with Crippen LogP contribution in [0.15, 0.2) is 53.2 Å². The molecule has 1 saturated heterocycles. The van der Waals surface area contributed by atoms with Crippen LogP contribution in [0.5, 0.6) is 0 Å². The molecule has 1 aromatic carbocycles. The average molecular weight is 435 g/mol. The van der Waals surface area contributed by atoms with E-state index < -0.39 is 0 Å². The number of aryl methyl sites for hydroxylation is 2. The van der Waals surface area contributed by atoms with Gasteiger partial charge < -0.3 is 19.8 Å². The van der Waals surface area contributed by atoms with Crippen LogP contribution in [0.2, 0.25) is 0 Å². The number of piperidine rings is 1. The highest BCUT2D eigenvalue weighted by Gasteiger charge is 2.15. The molecule has 32 heavy (non-hydrogen) atoms. The molecule has 2 aromatic heterocycles. The summed E-state index contributed by atoms with van der Waals surface area (Å²) < 4.78 is 11.9. The van der Waals surface area contributed by atoms with Crippen LogP contribution in [0, 0.1) is 6.92 Å². The Morgan fingerprint density at radius 3 is 2.78 bits per heavy atom. The van der Waals surface area contributed by atoms with E-state index in [0.29, 0.717) is 24.1 Å². The molecule has 1 aliphatic heterocycles. The molecule has 1 fully saturated rings. The number of ether oxygens (including phenoxy) is 1. The molecule has 2 N–H and O–H groups in total. The van der Waals surface area contributed by atoms with Crippen LogP contribution < -0.4 is 10.6 Å². The summed E-state index contributed by atoms with van der Waals surface area (Å²) in [5, 5.41) is 6.26. The smallest absolute Gasteiger partial charge is 0.251 e. The van der Waals surface area contributed by atoms with Gasteiger partial charge in [0.1, 0.15) is 5.76 Å². The van der Waals surface area contributed by atoms with Gasteiger partial charge in [-0.3, -0.25) is 9.78 Å². The van der Waals surface area contributed by atoms with Crippen molar-refractivity contribution in [1.82, 2.24) is 20.6 Å². The second kappa shape index (κ2) is 11.0. The first-order chi connectivity index (χ1) is 15.7. The van der Waals surface area contributed by atoms with E-state index in [2.05, 4.69) is 20.6 Å². The summed E-state index contributed by atoms with van der Waals surface area (Å²) in [4.78, 5) is 21.1. The minimum Gasteiger partial charge on any atom is -0.441 e. The molecule has 0 bridgehead atoms. The van der Waals surface area contributed by atoms with Crippen molar-refractivity contribution in [3.63, 3.8) is 0 Å². The molecule has 7 heteroatoms. The van der Waals surface area contributed by atoms with Crippen LogP contribution in [-0.2, 0) is 17.7 Å². The zero-order valence-corrected chi connectivity index (χ0v) is 18.5. The number of hydrogen-bond donors (Lipinski definition) is 2. The van der Waals surface area contributed by atoms with Gasteiger partial charge in [-0.1, -0.05) is 6.07 Å². The maximum Gasteiger partial charge on any atom is 0.251 e. The van der Waals surface area contributed by atoms with Gasteiger partial charge in [-0.05, 0) is 81.6 Å². The Morgan fingerprint density at radius 1 is 1.22 bits per heavy atom. The van der Waals surface area contributed by atoms with Crippen molar-refractivity contribution in [3.05, 3.63) is 71.4 Å². The number of rotatable bonds is 9. The number of benzene rings is 1. The molecule has 3 heterocycles. The number of nitrogens with zero attached hydrogens (tertiary/aromatic N) is 2. The fourth-order valence-corrected chi connectivity index (χ4v) is 3.79. The van der Waals surface area contributed by atoms with Crippen molar-refractivity contribution < 1.29 is 13.9 Å². The third-order valence-corrected chi connectivity index (χ3v) is 5.66. The van der Waals surface area contributed by atoms with Crippen LogP contribution >= 0.6 is 0 Å². The Bertz CT molecular complexity index is 996. The maximum atomic E-state index is 12.4. The summed E-state index contributed by atoms with van der Waals surface area (Å²) >= 11 is 0. The first-order valence-corrected chi connectivity index (χ1v) is 11.3. The fraction of sp³-hybridized carbons (Fsp3) is 0.400. The van der Waals surface area contributed by atoms with Crippen LogP contribution in [0.25, 0.3) is 11.5 Å². The summed E-state index contributed by atoms with van der Waals surface area (Å²) in [7, 11) is 0. The van der Waals surface area contributed by atoms with Crippen molar-refractivity contribution in [2.24, 2.45) is 0 Å². The van der Waals surface area contributed by atoms with Gasteiger partial charge in [0.05, 0.1) is 11.8 Å². The van der Waals surface area contributed by atoms with Crippen molar-refractivity contribution in [3.8, 4) is 11.5 Å². The molecule has 0 saturated carbocycles. The van der Waals surface area contributed by atoms with Crippen molar-refractivity contribution in [1.29, 1.82) is 0 Å². The van der Waals surface area contributed by atoms with Gasteiger partial charge >= 0.3 is 0 Å². The van der Waals surface area contributed by atoms with Crippen molar-refractivity contribution >= 4 is 5.91 Å². The largest absolute Gasteiger partial charge is 0.441 e. The number of pyridine rings is 1. The summed E-state index contributed by atoms with van der Waals surface area (Å²) in [6.45, 7) is 5.22. The standard InChI is InChI=1S/C25H30N4O3/c1-18-23(5-3-15-31-22-10-13-26-14-11-22)29-25(32-18)21-8-6-20(7-9-21)24(30)28-17-19-4-2-12-27-16-19/h2,4,6-9,12,16,22,26H,3,5,10-11,13-15,17H2,1H3,(H,28,30). The van der Waals surface area contributed by atoms with Gasteiger partial charge in [0.2, 0.25) is 5.89 Å². The first kappa shape index (κ1) is 22.2. The monoisotopic (exact) mass is 434 g/mol. The summed E-state index contributed by atoms with van der Waals surface area (Å²) in [5.41, 5.74) is 3.37. The molecule has 168 valence electrons. The second-order valence-corrected chi connectivity index (χ2v) is 8.07. The van der Waals surface area contributed by atoms with Gasteiger partial charge in [-0.15, -0.1) is 0 Å². The number of nitrogens with one attached hydrogen (secondary N) is 2. The van der Waals surface area contributed by atoms with Gasteiger partial charge in [-0.2, -0.15) is 0 Å². The third kappa shape index (κ3) is 6.02. The number of amides is 1. The Kier molecular flexibility index (Phi) is 7.64. The van der Waals surface area contributed by atoms with E-state index in [0.717, 1.165) is 68.0 Å². The molecule has 0 unspecified atom stereocenters. The minimum absolute atomic E-state index is 0.126. The molecule has 3 aromatic rings. The quantitative estimate of drug-likeness (QED) is 0.500. The van der Waals surface area contributed by atoms with Crippen LogP contribution in [0.3, 0.4) is 0 Å². The molecular formula is C25H30N4O3. The van der Waals surface area contributed by atoms with Gasteiger partial charge in [-0.25, -0.2) is 4.98 Å². The van der Waals surface area contributed by atoms with E-state index in [1.165, 1.54) is 0 Å². The Morgan fingerprint density at radius 2 is 2.03 bits per heavy atom. The maximum absolute atomic E-state index is 12.4.